The van der Waals surface area contributed by atoms with Crippen molar-refractivity contribution in [1.29, 1.82) is 0 Å². The fourth-order valence-electron chi connectivity index (χ4n) is 3.73. The molecular formula is C20H23ClN4. The predicted octanol–water partition coefficient (Wildman–Crippen LogP) is 4.13. The molecule has 1 fully saturated rings. The van der Waals surface area contributed by atoms with Gasteiger partial charge in [-0.1, -0.05) is 23.7 Å². The Morgan fingerprint density at radius 3 is 2.76 bits per heavy atom. The van der Waals surface area contributed by atoms with Gasteiger partial charge in [-0.2, -0.15) is 0 Å². The maximum Gasteiger partial charge on any atom is 0.156 e. The Morgan fingerprint density at radius 2 is 1.96 bits per heavy atom. The molecule has 0 N–H and O–H groups in total. The van der Waals surface area contributed by atoms with Gasteiger partial charge < -0.3 is 9.80 Å². The lowest BCUT2D eigenvalue weighted by molar-refractivity contribution is 0.204. The van der Waals surface area contributed by atoms with Gasteiger partial charge in [0.2, 0.25) is 0 Å². The van der Waals surface area contributed by atoms with Crippen LogP contribution in [0, 0.1) is 0 Å². The number of rotatable bonds is 3. The summed E-state index contributed by atoms with van der Waals surface area (Å²) in [5.41, 5.74) is 2.46. The zero-order valence-corrected chi connectivity index (χ0v) is 15.2. The maximum atomic E-state index is 6.10. The van der Waals surface area contributed by atoms with Crippen LogP contribution in [0.5, 0.6) is 0 Å². The van der Waals surface area contributed by atoms with E-state index in [2.05, 4.69) is 57.3 Å². The molecule has 0 saturated carbocycles. The fourth-order valence-corrected chi connectivity index (χ4v) is 3.94. The number of aromatic nitrogens is 1. The molecule has 1 aromatic heterocycles. The molecule has 4 nitrogen and oxygen atoms in total. The lowest BCUT2D eigenvalue weighted by Gasteiger charge is -2.40. The first-order valence-corrected chi connectivity index (χ1v) is 9.20. The second-order valence-corrected chi connectivity index (χ2v) is 7.24. The zero-order valence-electron chi connectivity index (χ0n) is 14.5. The molecule has 3 heterocycles. The Bertz CT molecular complexity index is 768. The topological polar surface area (TPSA) is 22.6 Å². The van der Waals surface area contributed by atoms with E-state index in [0.29, 0.717) is 6.04 Å². The molecular weight excluding hydrogens is 332 g/mol. The van der Waals surface area contributed by atoms with E-state index in [1.807, 2.05) is 24.4 Å². The van der Waals surface area contributed by atoms with E-state index in [4.69, 9.17) is 11.6 Å². The van der Waals surface area contributed by atoms with Gasteiger partial charge in [-0.15, -0.1) is 0 Å². The highest BCUT2D eigenvalue weighted by atomic mass is 35.5. The number of likely N-dealkylation sites (tertiary alicyclic amines) is 1. The summed E-state index contributed by atoms with van der Waals surface area (Å²) in [6, 6.07) is 12.8. The highest BCUT2D eigenvalue weighted by Crippen LogP contribution is 2.34. The molecule has 1 saturated heterocycles. The first kappa shape index (κ1) is 16.4. The van der Waals surface area contributed by atoms with E-state index < -0.39 is 0 Å². The monoisotopic (exact) mass is 354 g/mol. The molecule has 5 heteroatoms. The standard InChI is InChI=1S/C20H23ClN4/c1-23-12-13-25(20-19(23)6-3-9-22-20)18-7-10-24(11-8-18)15-16-4-2-5-17(21)14-16/h2-6,9,12-14,18H,7-8,10-11,15H2,1H3. The van der Waals surface area contributed by atoms with Gasteiger partial charge in [0.15, 0.2) is 5.82 Å². The number of hydrogen-bond donors (Lipinski definition) is 0. The molecule has 0 bridgehead atoms. The third-order valence-corrected chi connectivity index (χ3v) is 5.32. The minimum Gasteiger partial charge on any atom is -0.347 e. The minimum absolute atomic E-state index is 0.509. The summed E-state index contributed by atoms with van der Waals surface area (Å²) in [5.74, 6) is 1.07. The van der Waals surface area contributed by atoms with Gasteiger partial charge in [0, 0.05) is 56.3 Å². The summed E-state index contributed by atoms with van der Waals surface area (Å²) in [4.78, 5) is 11.6. The Kier molecular flexibility index (Phi) is 4.64. The summed E-state index contributed by atoms with van der Waals surface area (Å²) >= 11 is 6.10. The van der Waals surface area contributed by atoms with Crippen LogP contribution >= 0.6 is 11.6 Å². The number of halogens is 1. The van der Waals surface area contributed by atoms with Crippen LogP contribution < -0.4 is 9.80 Å². The predicted molar refractivity (Wildman–Crippen MR) is 104 cm³/mol. The number of hydrogen-bond acceptors (Lipinski definition) is 4. The van der Waals surface area contributed by atoms with Crippen LogP contribution in [0.4, 0.5) is 11.5 Å². The molecule has 0 aliphatic carbocycles. The summed E-state index contributed by atoms with van der Waals surface area (Å²) in [6.45, 7) is 3.17. The molecule has 0 radical (unpaired) electrons. The van der Waals surface area contributed by atoms with Crippen LogP contribution in [0.3, 0.4) is 0 Å². The Labute approximate surface area is 154 Å². The van der Waals surface area contributed by atoms with E-state index in [9.17, 15) is 0 Å². The van der Waals surface area contributed by atoms with Gasteiger partial charge >= 0.3 is 0 Å². The average molecular weight is 355 g/mol. The summed E-state index contributed by atoms with van der Waals surface area (Å²) < 4.78 is 0. The third-order valence-electron chi connectivity index (χ3n) is 5.09. The lowest BCUT2D eigenvalue weighted by Crippen LogP contribution is -2.44. The lowest BCUT2D eigenvalue weighted by atomic mass is 10.0. The van der Waals surface area contributed by atoms with Gasteiger partial charge in [-0.05, 0) is 42.7 Å². The molecule has 130 valence electrons. The highest BCUT2D eigenvalue weighted by molar-refractivity contribution is 6.30. The van der Waals surface area contributed by atoms with Crippen molar-refractivity contribution in [3.8, 4) is 0 Å². The Balaban J connectivity index is 1.41. The van der Waals surface area contributed by atoms with Crippen molar-refractivity contribution in [3.05, 3.63) is 65.6 Å². The van der Waals surface area contributed by atoms with Gasteiger partial charge in [-0.3, -0.25) is 4.90 Å². The molecule has 0 unspecified atom stereocenters. The van der Waals surface area contributed by atoms with Gasteiger partial charge in [0.25, 0.3) is 0 Å². The quantitative estimate of drug-likeness (QED) is 0.826. The first-order chi connectivity index (χ1) is 12.2. The molecule has 4 rings (SSSR count). The van der Waals surface area contributed by atoms with Crippen molar-refractivity contribution in [1.82, 2.24) is 9.88 Å². The number of pyridine rings is 1. The number of piperidine rings is 1. The number of benzene rings is 1. The molecule has 2 aliphatic heterocycles. The third kappa shape index (κ3) is 3.51. The van der Waals surface area contributed by atoms with Crippen molar-refractivity contribution < 1.29 is 0 Å². The van der Waals surface area contributed by atoms with E-state index in [0.717, 1.165) is 43.3 Å². The first-order valence-electron chi connectivity index (χ1n) is 8.82. The molecule has 2 aromatic rings. The minimum atomic E-state index is 0.509. The maximum absolute atomic E-state index is 6.10. The number of fused-ring (bicyclic) bond motifs is 1. The number of nitrogens with zero attached hydrogens (tertiary/aromatic N) is 4. The SMILES string of the molecule is CN1C=CN(C2CCN(Cc3cccc(Cl)c3)CC2)c2ncccc21. The Hall–Kier alpha value is -2.04. The summed E-state index contributed by atoms with van der Waals surface area (Å²) in [7, 11) is 2.07. The molecule has 1 aromatic carbocycles. The fraction of sp³-hybridized carbons (Fsp3) is 0.350. The van der Waals surface area contributed by atoms with Gasteiger partial charge in [0.1, 0.15) is 0 Å². The molecule has 0 atom stereocenters. The van der Waals surface area contributed by atoms with Crippen LogP contribution in [0.15, 0.2) is 55.0 Å². The van der Waals surface area contributed by atoms with E-state index in [-0.39, 0.29) is 0 Å². The molecule has 2 aliphatic rings. The van der Waals surface area contributed by atoms with Gasteiger partial charge in [0.05, 0.1) is 5.69 Å². The normalized spacial score (nSPS) is 18.5. The van der Waals surface area contributed by atoms with E-state index in [1.165, 1.54) is 11.3 Å². The van der Waals surface area contributed by atoms with Crippen LogP contribution in [-0.4, -0.2) is 36.1 Å². The van der Waals surface area contributed by atoms with Crippen molar-refractivity contribution >= 4 is 23.1 Å². The van der Waals surface area contributed by atoms with Gasteiger partial charge in [-0.25, -0.2) is 4.98 Å². The van der Waals surface area contributed by atoms with Crippen molar-refractivity contribution in [2.45, 2.75) is 25.4 Å². The molecule has 25 heavy (non-hydrogen) atoms. The molecule has 0 amide bonds. The highest BCUT2D eigenvalue weighted by Gasteiger charge is 2.28. The number of anilines is 2. The summed E-state index contributed by atoms with van der Waals surface area (Å²) in [6.07, 6.45) is 8.47. The van der Waals surface area contributed by atoms with Crippen LogP contribution in [0.1, 0.15) is 18.4 Å². The Morgan fingerprint density at radius 1 is 1.12 bits per heavy atom. The summed E-state index contributed by atoms with van der Waals surface area (Å²) in [5, 5.41) is 0.817. The van der Waals surface area contributed by atoms with Crippen molar-refractivity contribution in [2.75, 3.05) is 29.9 Å². The van der Waals surface area contributed by atoms with Crippen molar-refractivity contribution in [2.24, 2.45) is 0 Å². The smallest absolute Gasteiger partial charge is 0.156 e. The van der Waals surface area contributed by atoms with E-state index in [1.54, 1.807) is 0 Å². The van der Waals surface area contributed by atoms with Crippen LogP contribution in [-0.2, 0) is 6.54 Å². The molecule has 0 spiro atoms. The average Bonchev–Trinajstić information content (AvgIpc) is 2.63. The second kappa shape index (κ2) is 7.06. The second-order valence-electron chi connectivity index (χ2n) is 6.80. The van der Waals surface area contributed by atoms with Crippen molar-refractivity contribution in [3.63, 3.8) is 0 Å². The largest absolute Gasteiger partial charge is 0.347 e. The van der Waals surface area contributed by atoms with E-state index >= 15 is 0 Å². The van der Waals surface area contributed by atoms with Crippen LogP contribution in [0.2, 0.25) is 5.02 Å². The van der Waals surface area contributed by atoms with Crippen LogP contribution in [0.25, 0.3) is 0 Å². The zero-order chi connectivity index (χ0) is 17.2.